The first-order valence-corrected chi connectivity index (χ1v) is 5.11. The van der Waals surface area contributed by atoms with Crippen molar-refractivity contribution >= 4 is 11.8 Å². The molecule has 2 fully saturated rings. The molecule has 0 unspecified atom stereocenters. The van der Waals surface area contributed by atoms with Crippen LogP contribution in [0.1, 0.15) is 26.2 Å². The molecule has 0 bridgehead atoms. The molecule has 0 saturated carbocycles. The van der Waals surface area contributed by atoms with E-state index in [-0.39, 0.29) is 36.9 Å². The number of carbonyl (C=O) groups excluding carboxylic acids is 2. The fourth-order valence-corrected chi connectivity index (χ4v) is 1.91. The van der Waals surface area contributed by atoms with Crippen LogP contribution in [0.4, 0.5) is 0 Å². The first-order valence-electron chi connectivity index (χ1n) is 5.11. The van der Waals surface area contributed by atoms with Crippen LogP contribution in [-0.4, -0.2) is 41.3 Å². The van der Waals surface area contributed by atoms with Crippen molar-refractivity contribution in [2.24, 2.45) is 0 Å². The van der Waals surface area contributed by atoms with Gasteiger partial charge in [-0.15, -0.1) is 0 Å². The Morgan fingerprint density at radius 3 is 2.87 bits per heavy atom. The molecule has 2 aliphatic heterocycles. The zero-order valence-corrected chi connectivity index (χ0v) is 8.51. The number of esters is 1. The minimum absolute atomic E-state index is 0.0232. The van der Waals surface area contributed by atoms with Gasteiger partial charge in [0.1, 0.15) is 24.4 Å². The first-order chi connectivity index (χ1) is 7.06. The van der Waals surface area contributed by atoms with Gasteiger partial charge in [-0.2, -0.15) is 0 Å². The molecule has 5 nitrogen and oxygen atoms in total. The molecule has 84 valence electrons. The maximum absolute atomic E-state index is 11.3. The van der Waals surface area contributed by atoms with Crippen molar-refractivity contribution in [3.05, 3.63) is 0 Å². The van der Waals surface area contributed by atoms with Crippen molar-refractivity contribution in [3.8, 4) is 0 Å². The van der Waals surface area contributed by atoms with E-state index in [4.69, 9.17) is 9.47 Å². The molecule has 2 heterocycles. The topological polar surface area (TPSA) is 76.1 Å². The van der Waals surface area contributed by atoms with E-state index >= 15 is 0 Å². The van der Waals surface area contributed by atoms with E-state index in [1.54, 1.807) is 6.92 Å². The summed E-state index contributed by atoms with van der Waals surface area (Å²) in [5, 5.41) is 9.59. The number of ether oxygens (including phenoxy) is 2. The highest BCUT2D eigenvalue weighted by atomic mass is 16.6. The SMILES string of the molecule is C[C@@H]1C[C@@H]2O[C@@H]2[C@H](O)CC(=O)CC(=O)O1. The van der Waals surface area contributed by atoms with Crippen LogP contribution >= 0.6 is 0 Å². The van der Waals surface area contributed by atoms with Crippen LogP contribution in [0.5, 0.6) is 0 Å². The number of epoxide rings is 1. The first kappa shape index (κ1) is 10.6. The third-order valence-electron chi connectivity index (χ3n) is 2.68. The molecule has 0 aromatic rings. The minimum atomic E-state index is -0.777. The molecule has 0 aliphatic carbocycles. The maximum Gasteiger partial charge on any atom is 0.313 e. The highest BCUT2D eigenvalue weighted by Gasteiger charge is 2.46. The van der Waals surface area contributed by atoms with Gasteiger partial charge >= 0.3 is 5.97 Å². The number of ketones is 1. The number of aliphatic hydroxyl groups is 1. The summed E-state index contributed by atoms with van der Waals surface area (Å²) in [5.74, 6) is -0.811. The van der Waals surface area contributed by atoms with Crippen LogP contribution < -0.4 is 0 Å². The maximum atomic E-state index is 11.3. The average molecular weight is 214 g/mol. The second-order valence-corrected chi connectivity index (χ2v) is 4.16. The Balaban J connectivity index is 2.02. The molecular formula is C10H14O5. The summed E-state index contributed by atoms with van der Waals surface area (Å²) in [4.78, 5) is 22.5. The Hall–Kier alpha value is -0.940. The standard InChI is InChI=1S/C10H14O5/c1-5-2-8-10(15-8)7(12)3-6(11)4-9(13)14-5/h5,7-8,10,12H,2-4H2,1H3/t5-,7-,8+,10-/m1/s1. The predicted molar refractivity (Wildman–Crippen MR) is 49.1 cm³/mol. The normalized spacial score (nSPS) is 41.7. The van der Waals surface area contributed by atoms with Crippen LogP contribution in [0, 0.1) is 0 Å². The second-order valence-electron chi connectivity index (χ2n) is 4.16. The van der Waals surface area contributed by atoms with Gasteiger partial charge in [0.05, 0.1) is 12.2 Å². The lowest BCUT2D eigenvalue weighted by molar-refractivity contribution is -0.150. The number of hydrogen-bond acceptors (Lipinski definition) is 5. The van der Waals surface area contributed by atoms with Gasteiger partial charge in [-0.1, -0.05) is 0 Å². The van der Waals surface area contributed by atoms with Gasteiger partial charge < -0.3 is 14.6 Å². The smallest absolute Gasteiger partial charge is 0.313 e. The van der Waals surface area contributed by atoms with Gasteiger partial charge in [0.25, 0.3) is 0 Å². The molecular weight excluding hydrogens is 200 g/mol. The highest BCUT2D eigenvalue weighted by Crippen LogP contribution is 2.32. The Morgan fingerprint density at radius 2 is 2.13 bits per heavy atom. The van der Waals surface area contributed by atoms with Crippen LogP contribution in [0.25, 0.3) is 0 Å². The van der Waals surface area contributed by atoms with Crippen molar-refractivity contribution in [1.29, 1.82) is 0 Å². The van der Waals surface area contributed by atoms with Gasteiger partial charge in [0, 0.05) is 12.8 Å². The van der Waals surface area contributed by atoms with Gasteiger partial charge in [-0.25, -0.2) is 0 Å². The third kappa shape index (κ3) is 2.54. The van der Waals surface area contributed by atoms with Crippen molar-refractivity contribution in [2.75, 3.05) is 0 Å². The molecule has 0 spiro atoms. The molecule has 2 aliphatic rings. The largest absolute Gasteiger partial charge is 0.462 e. The van der Waals surface area contributed by atoms with Crippen LogP contribution in [0.3, 0.4) is 0 Å². The van der Waals surface area contributed by atoms with Gasteiger partial charge in [-0.05, 0) is 6.92 Å². The number of Topliss-reactive ketones (excluding diaryl/α,β-unsaturated/α-hetero) is 1. The Morgan fingerprint density at radius 1 is 1.40 bits per heavy atom. The summed E-state index contributed by atoms with van der Waals surface area (Å²) in [6.45, 7) is 1.76. The molecule has 0 aromatic heterocycles. The van der Waals surface area contributed by atoms with E-state index in [0.29, 0.717) is 6.42 Å². The number of fused-ring (bicyclic) bond motifs is 1. The summed E-state index contributed by atoms with van der Waals surface area (Å²) in [7, 11) is 0. The highest BCUT2D eigenvalue weighted by molar-refractivity contribution is 5.95. The zero-order valence-electron chi connectivity index (χ0n) is 8.51. The molecule has 0 radical (unpaired) electrons. The molecule has 0 amide bonds. The van der Waals surface area contributed by atoms with E-state index in [9.17, 15) is 14.7 Å². The molecule has 5 heteroatoms. The fraction of sp³-hybridized carbons (Fsp3) is 0.800. The molecule has 1 N–H and O–H groups in total. The van der Waals surface area contributed by atoms with Crippen molar-refractivity contribution < 1.29 is 24.2 Å². The molecule has 2 rings (SSSR count). The van der Waals surface area contributed by atoms with E-state index in [1.165, 1.54) is 0 Å². The average Bonchev–Trinajstić information content (AvgIpc) is 2.80. The van der Waals surface area contributed by atoms with Gasteiger partial charge in [0.15, 0.2) is 0 Å². The lowest BCUT2D eigenvalue weighted by Crippen LogP contribution is -2.27. The van der Waals surface area contributed by atoms with Crippen molar-refractivity contribution in [1.82, 2.24) is 0 Å². The summed E-state index contributed by atoms with van der Waals surface area (Å²) in [5.41, 5.74) is 0. The predicted octanol–water partition coefficient (Wildman–Crippen LogP) is -0.201. The number of rotatable bonds is 0. The summed E-state index contributed by atoms with van der Waals surface area (Å²) >= 11 is 0. The number of hydrogen-bond donors (Lipinski definition) is 1. The van der Waals surface area contributed by atoms with Crippen molar-refractivity contribution in [2.45, 2.75) is 50.6 Å². The van der Waals surface area contributed by atoms with E-state index in [2.05, 4.69) is 0 Å². The zero-order chi connectivity index (χ0) is 11.0. The molecule has 15 heavy (non-hydrogen) atoms. The summed E-state index contributed by atoms with van der Waals surface area (Å²) in [6, 6.07) is 0. The third-order valence-corrected chi connectivity index (χ3v) is 2.68. The number of carbonyl (C=O) groups is 2. The Labute approximate surface area is 87.4 Å². The fourth-order valence-electron chi connectivity index (χ4n) is 1.91. The van der Waals surface area contributed by atoms with Gasteiger partial charge in [-0.3, -0.25) is 9.59 Å². The van der Waals surface area contributed by atoms with E-state index in [1.807, 2.05) is 0 Å². The Kier molecular flexibility index (Phi) is 2.75. The van der Waals surface area contributed by atoms with Crippen LogP contribution in [-0.2, 0) is 19.1 Å². The lowest BCUT2D eigenvalue weighted by atomic mass is 10.0. The van der Waals surface area contributed by atoms with Crippen molar-refractivity contribution in [3.63, 3.8) is 0 Å². The monoisotopic (exact) mass is 214 g/mol. The van der Waals surface area contributed by atoms with Gasteiger partial charge in [0.2, 0.25) is 0 Å². The molecule has 2 saturated heterocycles. The van der Waals surface area contributed by atoms with Crippen LogP contribution in [0.15, 0.2) is 0 Å². The van der Waals surface area contributed by atoms with E-state index < -0.39 is 12.1 Å². The summed E-state index contributed by atoms with van der Waals surface area (Å²) < 4.78 is 10.2. The Bertz CT molecular complexity index is 288. The number of cyclic esters (lactones) is 1. The minimum Gasteiger partial charge on any atom is -0.462 e. The lowest BCUT2D eigenvalue weighted by Gasteiger charge is -2.14. The van der Waals surface area contributed by atoms with Crippen LogP contribution in [0.2, 0.25) is 0 Å². The summed E-state index contributed by atoms with van der Waals surface area (Å²) in [6.07, 6.45) is -1.06. The number of aliphatic hydroxyl groups excluding tert-OH is 1. The van der Waals surface area contributed by atoms with E-state index in [0.717, 1.165) is 0 Å². The second kappa shape index (κ2) is 3.90. The molecule has 4 atom stereocenters. The molecule has 0 aromatic carbocycles. The quantitative estimate of drug-likeness (QED) is 0.343.